The highest BCUT2D eigenvalue weighted by atomic mass is 16.4. The Labute approximate surface area is 167 Å². The van der Waals surface area contributed by atoms with Gasteiger partial charge in [0.25, 0.3) is 0 Å². The smallest absolute Gasteiger partial charge is 0.223 e. The van der Waals surface area contributed by atoms with E-state index in [0.717, 1.165) is 51.6 Å². The second kappa shape index (κ2) is 10.4. The number of amides is 1. The average molecular weight is 386 g/mol. The van der Waals surface area contributed by atoms with Crippen LogP contribution >= 0.6 is 0 Å². The minimum atomic E-state index is -0.240. The fraction of sp³-hybridized carbons (Fsp3) is 0.591. The van der Waals surface area contributed by atoms with E-state index in [1.54, 1.807) is 0 Å². The van der Waals surface area contributed by atoms with Crippen molar-refractivity contribution in [3.05, 3.63) is 47.7 Å². The summed E-state index contributed by atoms with van der Waals surface area (Å²) in [5.41, 5.74) is 1.31. The molecule has 6 heteroatoms. The lowest BCUT2D eigenvalue weighted by atomic mass is 9.90. The summed E-state index contributed by atoms with van der Waals surface area (Å²) < 4.78 is 5.70. The number of carbonyl (C=O) groups is 1. The molecule has 28 heavy (non-hydrogen) atoms. The molecule has 1 saturated heterocycles. The molecule has 1 N–H and O–H groups in total. The van der Waals surface area contributed by atoms with Gasteiger partial charge in [-0.2, -0.15) is 0 Å². The highest BCUT2D eigenvalue weighted by molar-refractivity contribution is 5.76. The van der Waals surface area contributed by atoms with Crippen LogP contribution in [0.15, 0.2) is 34.7 Å². The quantitative estimate of drug-likeness (QED) is 0.717. The highest BCUT2D eigenvalue weighted by Crippen LogP contribution is 2.23. The first kappa shape index (κ1) is 20.5. The van der Waals surface area contributed by atoms with Crippen molar-refractivity contribution < 1.29 is 14.3 Å². The fourth-order valence-corrected chi connectivity index (χ4v) is 3.82. The van der Waals surface area contributed by atoms with Crippen molar-refractivity contribution in [2.75, 3.05) is 13.1 Å². The maximum Gasteiger partial charge on any atom is 0.223 e. The summed E-state index contributed by atoms with van der Waals surface area (Å²) >= 11 is 0. The van der Waals surface area contributed by atoms with Crippen LogP contribution in [-0.4, -0.2) is 45.3 Å². The number of nitrogens with zero attached hydrogens (tertiary/aromatic N) is 3. The Hall–Kier alpha value is -2.21. The SMILES string of the molecule is CC[C@H](O)C1CCN(C(=O)CCc2nnc(CCCc3ccccc3)o2)CC1. The number of hydrogen-bond acceptors (Lipinski definition) is 5. The number of aliphatic hydroxyl groups excluding tert-OH is 1. The number of rotatable bonds is 9. The monoisotopic (exact) mass is 385 g/mol. The van der Waals surface area contributed by atoms with Crippen molar-refractivity contribution in [1.29, 1.82) is 0 Å². The number of aliphatic hydroxyl groups is 1. The Morgan fingerprint density at radius 1 is 1.14 bits per heavy atom. The molecule has 0 unspecified atom stereocenters. The normalized spacial score (nSPS) is 16.3. The predicted octanol–water partition coefficient (Wildman–Crippen LogP) is 3.19. The molecule has 1 fully saturated rings. The van der Waals surface area contributed by atoms with E-state index >= 15 is 0 Å². The first-order valence-electron chi connectivity index (χ1n) is 10.5. The Morgan fingerprint density at radius 2 is 1.82 bits per heavy atom. The van der Waals surface area contributed by atoms with E-state index < -0.39 is 0 Å². The number of likely N-dealkylation sites (tertiary alicyclic amines) is 1. The van der Waals surface area contributed by atoms with Crippen LogP contribution in [0.3, 0.4) is 0 Å². The third-order valence-corrected chi connectivity index (χ3v) is 5.62. The summed E-state index contributed by atoms with van der Waals surface area (Å²) in [6.07, 6.45) is 5.89. The first-order valence-corrected chi connectivity index (χ1v) is 10.5. The zero-order valence-electron chi connectivity index (χ0n) is 16.7. The molecular weight excluding hydrogens is 354 g/mol. The third-order valence-electron chi connectivity index (χ3n) is 5.62. The van der Waals surface area contributed by atoms with Crippen molar-refractivity contribution in [2.45, 2.75) is 64.4 Å². The van der Waals surface area contributed by atoms with E-state index in [1.165, 1.54) is 5.56 Å². The molecule has 1 aliphatic heterocycles. The van der Waals surface area contributed by atoms with E-state index in [2.05, 4.69) is 22.3 Å². The van der Waals surface area contributed by atoms with Crippen LogP contribution in [0.1, 0.15) is 56.4 Å². The average Bonchev–Trinajstić information content (AvgIpc) is 3.20. The van der Waals surface area contributed by atoms with Crippen LogP contribution in [0.5, 0.6) is 0 Å². The molecule has 3 rings (SSSR count). The summed E-state index contributed by atoms with van der Waals surface area (Å²) in [5.74, 6) is 1.64. The molecule has 0 saturated carbocycles. The van der Waals surface area contributed by atoms with Crippen molar-refractivity contribution in [3.63, 3.8) is 0 Å². The lowest BCUT2D eigenvalue weighted by molar-refractivity contribution is -0.133. The number of aryl methyl sites for hydroxylation is 3. The van der Waals surface area contributed by atoms with Gasteiger partial charge < -0.3 is 14.4 Å². The fourth-order valence-electron chi connectivity index (χ4n) is 3.82. The van der Waals surface area contributed by atoms with Gasteiger partial charge in [-0.25, -0.2) is 0 Å². The third kappa shape index (κ3) is 5.89. The molecule has 1 aromatic carbocycles. The second-order valence-electron chi connectivity index (χ2n) is 7.62. The zero-order valence-corrected chi connectivity index (χ0v) is 16.7. The molecule has 1 aliphatic rings. The summed E-state index contributed by atoms with van der Waals surface area (Å²) in [5, 5.41) is 18.1. The van der Waals surface area contributed by atoms with Crippen LogP contribution < -0.4 is 0 Å². The Balaban J connectivity index is 1.36. The minimum Gasteiger partial charge on any atom is -0.425 e. The van der Waals surface area contributed by atoms with E-state index in [9.17, 15) is 9.90 Å². The van der Waals surface area contributed by atoms with Crippen molar-refractivity contribution in [3.8, 4) is 0 Å². The van der Waals surface area contributed by atoms with Crippen LogP contribution in [0.25, 0.3) is 0 Å². The molecule has 0 bridgehead atoms. The van der Waals surface area contributed by atoms with Crippen LogP contribution in [-0.2, 0) is 24.1 Å². The minimum absolute atomic E-state index is 0.133. The number of piperidine rings is 1. The second-order valence-corrected chi connectivity index (χ2v) is 7.62. The molecule has 0 aliphatic carbocycles. The summed E-state index contributed by atoms with van der Waals surface area (Å²) in [7, 11) is 0. The molecule has 1 atom stereocenters. The molecule has 152 valence electrons. The van der Waals surface area contributed by atoms with Crippen LogP contribution in [0, 0.1) is 5.92 Å². The van der Waals surface area contributed by atoms with Crippen LogP contribution in [0.2, 0.25) is 0 Å². The number of benzene rings is 1. The topological polar surface area (TPSA) is 79.5 Å². The molecule has 2 heterocycles. The highest BCUT2D eigenvalue weighted by Gasteiger charge is 2.26. The van der Waals surface area contributed by atoms with Gasteiger partial charge in [0.05, 0.1) is 6.10 Å². The molecular formula is C22H31N3O3. The first-order chi connectivity index (χ1) is 13.7. The Kier molecular flexibility index (Phi) is 7.60. The van der Waals surface area contributed by atoms with Gasteiger partial charge in [0.1, 0.15) is 0 Å². The standard InChI is InChI=1S/C22H31N3O3/c1-2-19(26)18-13-15-25(16-14-18)22(27)12-11-21-24-23-20(28-21)10-6-9-17-7-4-3-5-8-17/h3-5,7-8,18-19,26H,2,6,9-16H2,1H3/t19-/m0/s1. The summed E-state index contributed by atoms with van der Waals surface area (Å²) in [6, 6.07) is 10.4. The van der Waals surface area contributed by atoms with E-state index in [0.29, 0.717) is 30.5 Å². The van der Waals surface area contributed by atoms with Gasteiger partial charge in [-0.05, 0) is 43.6 Å². The summed E-state index contributed by atoms with van der Waals surface area (Å²) in [6.45, 7) is 3.47. The van der Waals surface area contributed by atoms with E-state index in [1.807, 2.05) is 30.0 Å². The van der Waals surface area contributed by atoms with Gasteiger partial charge in [0, 0.05) is 32.4 Å². The van der Waals surface area contributed by atoms with Gasteiger partial charge >= 0.3 is 0 Å². The zero-order chi connectivity index (χ0) is 19.8. The van der Waals surface area contributed by atoms with E-state index in [-0.39, 0.29) is 12.0 Å². The molecule has 1 aromatic heterocycles. The van der Waals surface area contributed by atoms with Gasteiger partial charge in [-0.3, -0.25) is 4.79 Å². The largest absolute Gasteiger partial charge is 0.425 e. The van der Waals surface area contributed by atoms with Gasteiger partial charge in [-0.1, -0.05) is 37.3 Å². The Morgan fingerprint density at radius 3 is 2.50 bits per heavy atom. The van der Waals surface area contributed by atoms with Crippen molar-refractivity contribution in [2.24, 2.45) is 5.92 Å². The maximum absolute atomic E-state index is 12.4. The van der Waals surface area contributed by atoms with Gasteiger partial charge in [0.15, 0.2) is 0 Å². The molecule has 0 radical (unpaired) electrons. The van der Waals surface area contributed by atoms with Crippen LogP contribution in [0.4, 0.5) is 0 Å². The number of aromatic nitrogens is 2. The van der Waals surface area contributed by atoms with Gasteiger partial charge in [0.2, 0.25) is 17.7 Å². The maximum atomic E-state index is 12.4. The lowest BCUT2D eigenvalue weighted by Gasteiger charge is -2.34. The predicted molar refractivity (Wildman–Crippen MR) is 107 cm³/mol. The molecule has 1 amide bonds. The van der Waals surface area contributed by atoms with Crippen molar-refractivity contribution in [1.82, 2.24) is 15.1 Å². The van der Waals surface area contributed by atoms with Gasteiger partial charge in [-0.15, -0.1) is 10.2 Å². The molecule has 0 spiro atoms. The molecule has 2 aromatic rings. The molecule has 6 nitrogen and oxygen atoms in total. The van der Waals surface area contributed by atoms with Crippen molar-refractivity contribution >= 4 is 5.91 Å². The summed E-state index contributed by atoms with van der Waals surface area (Å²) in [4.78, 5) is 14.3. The van der Waals surface area contributed by atoms with E-state index in [4.69, 9.17) is 4.42 Å². The number of carbonyl (C=O) groups excluding carboxylic acids is 1. The Bertz CT molecular complexity index is 724. The lowest BCUT2D eigenvalue weighted by Crippen LogP contribution is -2.41. The number of hydrogen-bond donors (Lipinski definition) is 1.